The van der Waals surface area contributed by atoms with Crippen LogP contribution in [0, 0.1) is 41.4 Å². The third-order valence-electron chi connectivity index (χ3n) is 14.4. The van der Waals surface area contributed by atoms with Gasteiger partial charge in [0, 0.05) is 42.0 Å². The molecule has 0 saturated carbocycles. The van der Waals surface area contributed by atoms with Gasteiger partial charge in [0.15, 0.2) is 5.79 Å². The summed E-state index contributed by atoms with van der Waals surface area (Å²) < 4.78 is 33.4. The number of ether oxygens (including phenoxy) is 5. The van der Waals surface area contributed by atoms with E-state index in [2.05, 4.69) is 20.8 Å². The van der Waals surface area contributed by atoms with E-state index < -0.39 is 82.9 Å². The second-order valence-corrected chi connectivity index (χ2v) is 17.9. The first kappa shape index (κ1) is 46.3. The van der Waals surface area contributed by atoms with E-state index in [1.165, 1.54) is 0 Å². The van der Waals surface area contributed by atoms with Crippen LogP contribution < -0.4 is 34.7 Å². The molecule has 12 heteroatoms. The Labute approximate surface area is 345 Å². The fraction of sp³-hybridized carbons (Fsp3) is 0.905. The molecule has 4 saturated heterocycles. The Morgan fingerprint density at radius 3 is 2.17 bits per heavy atom. The van der Waals surface area contributed by atoms with E-state index in [0.29, 0.717) is 57.8 Å². The maximum absolute atomic E-state index is 14.4. The van der Waals surface area contributed by atoms with Gasteiger partial charge in [-0.25, -0.2) is 0 Å². The van der Waals surface area contributed by atoms with Gasteiger partial charge in [-0.05, 0) is 95.6 Å². The smallest absolute Gasteiger partial charge is 0.550 e. The third kappa shape index (κ3) is 8.63. The van der Waals surface area contributed by atoms with Crippen molar-refractivity contribution in [3.05, 3.63) is 12.2 Å². The Bertz CT molecular complexity index is 1330. The summed E-state index contributed by atoms with van der Waals surface area (Å²) in [7, 11) is 0. The first-order chi connectivity index (χ1) is 24.8. The molecule has 304 valence electrons. The number of carbonyl (C=O) groups is 2. The predicted octanol–water partition coefficient (Wildman–Crippen LogP) is 1.86. The molecule has 0 aromatic rings. The molecule has 5 aliphatic rings. The zero-order chi connectivity index (χ0) is 39.3. The van der Waals surface area contributed by atoms with E-state index in [1.807, 2.05) is 41.5 Å². The molecule has 4 fully saturated rings. The van der Waals surface area contributed by atoms with Crippen LogP contribution in [-0.2, 0) is 33.3 Å². The van der Waals surface area contributed by atoms with Gasteiger partial charge in [0.1, 0.15) is 11.9 Å². The van der Waals surface area contributed by atoms with Gasteiger partial charge in [-0.2, -0.15) is 0 Å². The van der Waals surface area contributed by atoms with Gasteiger partial charge in [0.25, 0.3) is 0 Å². The van der Waals surface area contributed by atoms with Crippen molar-refractivity contribution in [2.75, 3.05) is 0 Å². The summed E-state index contributed by atoms with van der Waals surface area (Å²) in [5, 5.41) is 46.0. The molecule has 5 rings (SSSR count). The molecule has 5 heterocycles. The minimum absolute atomic E-state index is 0. The zero-order valence-corrected chi connectivity index (χ0v) is 36.9. The summed E-state index contributed by atoms with van der Waals surface area (Å²) in [5.74, 6) is -6.24. The minimum Gasteiger partial charge on any atom is -0.550 e. The number of aliphatic hydroxyl groups excluding tert-OH is 2. The first-order valence-corrected chi connectivity index (χ1v) is 20.7. The second kappa shape index (κ2) is 17.8. The molecule has 1 unspecified atom stereocenters. The van der Waals surface area contributed by atoms with Crippen LogP contribution in [0.25, 0.3) is 0 Å². The van der Waals surface area contributed by atoms with Crippen LogP contribution in [-0.4, -0.2) is 92.6 Å². The average Bonchev–Trinajstić information content (AvgIpc) is 3.47. The van der Waals surface area contributed by atoms with Crippen LogP contribution in [0.2, 0.25) is 0 Å². The Morgan fingerprint density at radius 1 is 0.907 bits per heavy atom. The number of aliphatic hydroxyl groups is 3. The summed E-state index contributed by atoms with van der Waals surface area (Å²) >= 11 is 0. The molecule has 3 N–H and O–H groups in total. The fourth-order valence-corrected chi connectivity index (χ4v) is 10.5. The summed E-state index contributed by atoms with van der Waals surface area (Å²) in [6, 6.07) is 0. The Balaban J connectivity index is 0.00000650. The van der Waals surface area contributed by atoms with Gasteiger partial charge >= 0.3 is 29.6 Å². The largest absolute Gasteiger partial charge is 1.00 e. The van der Waals surface area contributed by atoms with Crippen LogP contribution in [0.5, 0.6) is 0 Å². The molecule has 2 spiro atoms. The van der Waals surface area contributed by atoms with Crippen molar-refractivity contribution in [3.63, 3.8) is 0 Å². The molecule has 5 aliphatic heterocycles. The van der Waals surface area contributed by atoms with Crippen molar-refractivity contribution in [3.8, 4) is 0 Å². The molecular formula is C42H69NaO11. The number of rotatable bonds is 12. The number of aliphatic carboxylic acids is 1. The Kier molecular flexibility index (Phi) is 15.3. The summed E-state index contributed by atoms with van der Waals surface area (Å²) in [6.07, 6.45) is 5.22. The van der Waals surface area contributed by atoms with Crippen LogP contribution in [0.1, 0.15) is 133 Å². The standard InChI is InChI=1S/C42H70O11.Na/c1-11-29(38(46)47)31-15-14-23(4)36(50-31)27(8)34(44)26(7)35(45)30(12-2)37-24(5)22-25(6)41(51-37)19-16-32(43)42(53-41)21-20-39(10,52-42)33-17-18-40(48,13-3)28(9)49-33;/h16,19,23-34,36-37,43-44,48H,11-15,17-18,20-22H2,1-10H3,(H,46,47);/q;+1/p-1/t23-,24-,25+,26-,27-,28-,29+,30-,31+,32+,33+,34?,36+,37-,39-,40+,41-,42-;/m0./s1. The summed E-state index contributed by atoms with van der Waals surface area (Å²) in [5.41, 5.74) is -1.64. The van der Waals surface area contributed by atoms with Gasteiger partial charge in [0.2, 0.25) is 5.79 Å². The molecule has 0 aliphatic carbocycles. The van der Waals surface area contributed by atoms with Crippen molar-refractivity contribution in [2.45, 2.75) is 199 Å². The normalized spacial score (nSPS) is 45.3. The first-order valence-electron chi connectivity index (χ1n) is 20.7. The van der Waals surface area contributed by atoms with E-state index in [4.69, 9.17) is 23.7 Å². The average molecular weight is 773 g/mol. The zero-order valence-electron chi connectivity index (χ0n) is 34.9. The van der Waals surface area contributed by atoms with Gasteiger partial charge in [-0.15, -0.1) is 0 Å². The number of carboxylic acids is 1. The Hall–Kier alpha value is -0.440. The van der Waals surface area contributed by atoms with Gasteiger partial charge in [-0.1, -0.05) is 55.4 Å². The SMILES string of the molecule is CC[C@@H](C(=O)[C@@H](C)C(O)[C@H](C)[C@@H]1O[C@@H]([C@@H](CC)C(=O)[O-])CC[C@@H]1C)[C@H]1O[C@]2(C=C[C@@H](O)[C@]3(CC[C@@](C)([C@H]4CC[C@](O)(CC)[C@H](C)O4)O3)O2)[C@H](C)C[C@@H]1C.[Na+]. The number of ketones is 1. The second-order valence-electron chi connectivity index (χ2n) is 17.9. The fourth-order valence-electron chi connectivity index (χ4n) is 10.5. The molecule has 0 amide bonds. The van der Waals surface area contributed by atoms with E-state index in [0.717, 1.165) is 6.42 Å². The molecule has 0 bridgehead atoms. The maximum Gasteiger partial charge on any atom is 1.00 e. The van der Waals surface area contributed by atoms with Gasteiger partial charge < -0.3 is 48.9 Å². The van der Waals surface area contributed by atoms with E-state index in [1.54, 1.807) is 19.1 Å². The topological polar surface area (TPSA) is 164 Å². The van der Waals surface area contributed by atoms with Crippen LogP contribution >= 0.6 is 0 Å². The summed E-state index contributed by atoms with van der Waals surface area (Å²) in [6.45, 7) is 19.5. The quantitative estimate of drug-likeness (QED) is 0.196. The van der Waals surface area contributed by atoms with Crippen LogP contribution in [0.4, 0.5) is 0 Å². The number of hydrogen-bond acceptors (Lipinski definition) is 11. The van der Waals surface area contributed by atoms with E-state index in [-0.39, 0.29) is 65.3 Å². The van der Waals surface area contributed by atoms with Gasteiger partial charge in [0.05, 0.1) is 47.8 Å². The van der Waals surface area contributed by atoms with Crippen molar-refractivity contribution in [1.82, 2.24) is 0 Å². The molecule has 0 radical (unpaired) electrons. The van der Waals surface area contributed by atoms with Crippen molar-refractivity contribution >= 4 is 11.8 Å². The summed E-state index contributed by atoms with van der Waals surface area (Å²) in [4.78, 5) is 26.2. The number of Topliss-reactive ketones (excluding diaryl/α,β-unsaturated/α-hetero) is 1. The number of carbonyl (C=O) groups excluding carboxylic acids is 2. The maximum atomic E-state index is 14.4. The monoisotopic (exact) mass is 772 g/mol. The molecule has 0 aromatic carbocycles. The van der Waals surface area contributed by atoms with Gasteiger partial charge in [-0.3, -0.25) is 4.79 Å². The number of hydrogen-bond donors (Lipinski definition) is 3. The molecule has 54 heavy (non-hydrogen) atoms. The number of carboxylic acid groups (broad SMARTS) is 1. The Morgan fingerprint density at radius 2 is 1.57 bits per heavy atom. The van der Waals surface area contributed by atoms with Crippen molar-refractivity contribution in [1.29, 1.82) is 0 Å². The minimum atomic E-state index is -1.37. The third-order valence-corrected chi connectivity index (χ3v) is 14.4. The van der Waals surface area contributed by atoms with Crippen LogP contribution in [0.15, 0.2) is 12.2 Å². The van der Waals surface area contributed by atoms with Crippen molar-refractivity contribution < 1.29 is 83.3 Å². The van der Waals surface area contributed by atoms with Crippen LogP contribution in [0.3, 0.4) is 0 Å². The molecule has 18 atom stereocenters. The van der Waals surface area contributed by atoms with Crippen molar-refractivity contribution in [2.24, 2.45) is 41.4 Å². The molecule has 0 aromatic heterocycles. The van der Waals surface area contributed by atoms with E-state index >= 15 is 0 Å². The van der Waals surface area contributed by atoms with E-state index in [9.17, 15) is 30.0 Å². The molecular weight excluding hydrogens is 703 g/mol. The molecule has 11 nitrogen and oxygen atoms in total. The predicted molar refractivity (Wildman–Crippen MR) is 196 cm³/mol.